The first kappa shape index (κ1) is 17.6. The molecule has 124 valence electrons. The molecule has 0 radical (unpaired) electrons. The number of unbranched alkanes of at least 4 members (excludes halogenated alkanes) is 2. The third kappa shape index (κ3) is 5.75. The van der Waals surface area contributed by atoms with Gasteiger partial charge >= 0.3 is 0 Å². The summed E-state index contributed by atoms with van der Waals surface area (Å²) in [5.41, 5.74) is 8.54. The van der Waals surface area contributed by atoms with Gasteiger partial charge in [-0.05, 0) is 43.4 Å². The molecule has 2 atom stereocenters. The Morgan fingerprint density at radius 3 is 2.39 bits per heavy atom. The van der Waals surface area contributed by atoms with Crippen LogP contribution in [0.1, 0.15) is 42.3 Å². The lowest BCUT2D eigenvalue weighted by molar-refractivity contribution is 0.106. The van der Waals surface area contributed by atoms with Gasteiger partial charge in [0.05, 0.1) is 18.3 Å². The Morgan fingerprint density at radius 2 is 1.65 bits per heavy atom. The molecule has 23 heavy (non-hydrogen) atoms. The minimum absolute atomic E-state index is 0.257. The smallest absolute Gasteiger partial charge is 0.113 e. The lowest BCUT2D eigenvalue weighted by Crippen LogP contribution is -2.32. The largest absolute Gasteiger partial charge is 0.395 e. The molecule has 4 N–H and O–H groups in total. The van der Waals surface area contributed by atoms with Crippen LogP contribution < -0.4 is 5.73 Å². The van der Waals surface area contributed by atoms with Crippen LogP contribution in [-0.2, 0) is 12.8 Å². The maximum absolute atomic E-state index is 10.0. The van der Waals surface area contributed by atoms with Crippen LogP contribution in [0, 0.1) is 0 Å². The number of nitrogens with two attached hydrogens (primary N) is 1. The molecule has 0 saturated heterocycles. The number of aryl methyl sites for hydroxylation is 2. The Morgan fingerprint density at radius 1 is 0.913 bits per heavy atom. The van der Waals surface area contributed by atoms with E-state index in [0.717, 1.165) is 31.4 Å². The lowest BCUT2D eigenvalue weighted by atomic mass is 10.0. The lowest BCUT2D eigenvalue weighted by Gasteiger charge is -2.16. The second kappa shape index (κ2) is 9.40. The summed E-state index contributed by atoms with van der Waals surface area (Å²) in [6, 6.07) is 15.4. The molecule has 0 fully saturated rings. The Kier molecular flexibility index (Phi) is 7.20. The van der Waals surface area contributed by atoms with Crippen molar-refractivity contribution in [3.05, 3.63) is 65.5 Å². The first-order chi connectivity index (χ1) is 11.2. The minimum Gasteiger partial charge on any atom is -0.395 e. The summed E-state index contributed by atoms with van der Waals surface area (Å²) in [7, 11) is 0. The van der Waals surface area contributed by atoms with Gasteiger partial charge in [-0.3, -0.25) is 4.98 Å². The van der Waals surface area contributed by atoms with Gasteiger partial charge in [-0.15, -0.1) is 0 Å². The molecule has 0 aliphatic rings. The van der Waals surface area contributed by atoms with Crippen LogP contribution in [0.25, 0.3) is 0 Å². The molecule has 0 unspecified atom stereocenters. The highest BCUT2D eigenvalue weighted by Gasteiger charge is 2.17. The Labute approximate surface area is 138 Å². The number of aliphatic hydroxyl groups excluding tert-OH is 2. The zero-order chi connectivity index (χ0) is 16.5. The van der Waals surface area contributed by atoms with E-state index in [2.05, 4.69) is 29.2 Å². The number of hydrogen-bond acceptors (Lipinski definition) is 4. The van der Waals surface area contributed by atoms with E-state index in [-0.39, 0.29) is 6.61 Å². The predicted octanol–water partition coefficient (Wildman–Crippen LogP) is 2.39. The summed E-state index contributed by atoms with van der Waals surface area (Å²) in [6.45, 7) is -0.257. The summed E-state index contributed by atoms with van der Waals surface area (Å²) >= 11 is 0. The normalized spacial score (nSPS) is 13.7. The SMILES string of the molecule is N[C@@H](CO)[C@H](O)c1cccc(CCCCCc2ccccc2)n1. The molecule has 2 aromatic rings. The van der Waals surface area contributed by atoms with Crippen molar-refractivity contribution in [3.8, 4) is 0 Å². The van der Waals surface area contributed by atoms with Gasteiger partial charge in [0.1, 0.15) is 6.10 Å². The van der Waals surface area contributed by atoms with Crippen molar-refractivity contribution in [2.75, 3.05) is 6.61 Å². The number of benzene rings is 1. The van der Waals surface area contributed by atoms with Crippen LogP contribution in [0.4, 0.5) is 0 Å². The maximum atomic E-state index is 10.0. The highest BCUT2D eigenvalue weighted by Crippen LogP contribution is 2.15. The van der Waals surface area contributed by atoms with Crippen molar-refractivity contribution in [2.45, 2.75) is 44.2 Å². The third-order valence-electron chi connectivity index (χ3n) is 3.99. The zero-order valence-electron chi connectivity index (χ0n) is 13.4. The summed E-state index contributed by atoms with van der Waals surface area (Å²) in [4.78, 5) is 4.46. The number of nitrogens with zero attached hydrogens (tertiary/aromatic N) is 1. The number of aromatic nitrogens is 1. The topological polar surface area (TPSA) is 79.4 Å². The fraction of sp³-hybridized carbons (Fsp3) is 0.421. The molecule has 1 aromatic carbocycles. The summed E-state index contributed by atoms with van der Waals surface area (Å²) in [5, 5.41) is 19.0. The number of aliphatic hydroxyl groups is 2. The molecular formula is C19H26N2O2. The highest BCUT2D eigenvalue weighted by atomic mass is 16.3. The van der Waals surface area contributed by atoms with Crippen LogP contribution >= 0.6 is 0 Å². The fourth-order valence-electron chi connectivity index (χ4n) is 2.58. The molecule has 0 saturated carbocycles. The molecule has 0 bridgehead atoms. The highest BCUT2D eigenvalue weighted by molar-refractivity contribution is 5.15. The quantitative estimate of drug-likeness (QED) is 0.621. The van der Waals surface area contributed by atoms with Gasteiger partial charge in [0, 0.05) is 5.69 Å². The van der Waals surface area contributed by atoms with Gasteiger partial charge < -0.3 is 15.9 Å². The van der Waals surface area contributed by atoms with Crippen molar-refractivity contribution < 1.29 is 10.2 Å². The number of rotatable bonds is 9. The van der Waals surface area contributed by atoms with E-state index in [9.17, 15) is 5.11 Å². The number of hydrogen-bond donors (Lipinski definition) is 3. The Bertz CT molecular complexity index is 575. The zero-order valence-corrected chi connectivity index (χ0v) is 13.4. The van der Waals surface area contributed by atoms with E-state index < -0.39 is 12.1 Å². The summed E-state index contributed by atoms with van der Waals surface area (Å²) < 4.78 is 0. The van der Waals surface area contributed by atoms with Gasteiger partial charge in [0.25, 0.3) is 0 Å². The molecule has 0 spiro atoms. The Hall–Kier alpha value is -1.75. The molecule has 0 aliphatic carbocycles. The molecule has 1 aromatic heterocycles. The third-order valence-corrected chi connectivity index (χ3v) is 3.99. The molecule has 4 nitrogen and oxygen atoms in total. The van der Waals surface area contributed by atoms with Crippen LogP contribution in [-0.4, -0.2) is 27.8 Å². The van der Waals surface area contributed by atoms with E-state index in [1.807, 2.05) is 18.2 Å². The van der Waals surface area contributed by atoms with Crippen molar-refractivity contribution in [1.29, 1.82) is 0 Å². The second-order valence-electron chi connectivity index (χ2n) is 5.89. The van der Waals surface area contributed by atoms with Gasteiger partial charge in [-0.1, -0.05) is 42.8 Å². The van der Waals surface area contributed by atoms with Crippen LogP contribution in [0.3, 0.4) is 0 Å². The first-order valence-corrected chi connectivity index (χ1v) is 8.25. The first-order valence-electron chi connectivity index (χ1n) is 8.25. The molecule has 0 amide bonds. The maximum Gasteiger partial charge on any atom is 0.113 e. The van der Waals surface area contributed by atoms with Crippen molar-refractivity contribution >= 4 is 0 Å². The van der Waals surface area contributed by atoms with E-state index in [1.54, 1.807) is 6.07 Å². The summed E-state index contributed by atoms with van der Waals surface area (Å²) in [5.74, 6) is 0. The van der Waals surface area contributed by atoms with Crippen LogP contribution in [0.15, 0.2) is 48.5 Å². The molecule has 4 heteroatoms. The van der Waals surface area contributed by atoms with Gasteiger partial charge in [0.2, 0.25) is 0 Å². The molecule has 0 aliphatic heterocycles. The van der Waals surface area contributed by atoms with Gasteiger partial charge in [0.15, 0.2) is 0 Å². The van der Waals surface area contributed by atoms with E-state index in [0.29, 0.717) is 5.69 Å². The van der Waals surface area contributed by atoms with Crippen molar-refractivity contribution in [1.82, 2.24) is 4.98 Å². The minimum atomic E-state index is -0.918. The molecule has 1 heterocycles. The standard InChI is InChI=1S/C19H26N2O2/c20-17(14-22)19(23)18-13-7-12-16(21-18)11-6-2-5-10-15-8-3-1-4-9-15/h1,3-4,7-9,12-13,17,19,22-23H,2,5-6,10-11,14,20H2/t17-,19-/m0/s1. The van der Waals surface area contributed by atoms with E-state index in [1.165, 1.54) is 12.0 Å². The predicted molar refractivity (Wildman–Crippen MR) is 92.0 cm³/mol. The van der Waals surface area contributed by atoms with Gasteiger partial charge in [-0.25, -0.2) is 0 Å². The second-order valence-corrected chi connectivity index (χ2v) is 5.89. The molecule has 2 rings (SSSR count). The number of pyridine rings is 1. The van der Waals surface area contributed by atoms with E-state index >= 15 is 0 Å². The van der Waals surface area contributed by atoms with Crippen LogP contribution in [0.5, 0.6) is 0 Å². The van der Waals surface area contributed by atoms with Gasteiger partial charge in [-0.2, -0.15) is 0 Å². The monoisotopic (exact) mass is 314 g/mol. The average molecular weight is 314 g/mol. The van der Waals surface area contributed by atoms with Crippen LogP contribution in [0.2, 0.25) is 0 Å². The fourth-order valence-corrected chi connectivity index (χ4v) is 2.58. The molecular weight excluding hydrogens is 288 g/mol. The Balaban J connectivity index is 1.75. The summed E-state index contributed by atoms with van der Waals surface area (Å²) in [6.07, 6.45) is 4.48. The van der Waals surface area contributed by atoms with E-state index in [4.69, 9.17) is 10.8 Å². The van der Waals surface area contributed by atoms with Crippen molar-refractivity contribution in [2.24, 2.45) is 5.73 Å². The van der Waals surface area contributed by atoms with Crippen molar-refractivity contribution in [3.63, 3.8) is 0 Å². The average Bonchev–Trinajstić information content (AvgIpc) is 2.61.